The molecule has 1 aliphatic heterocycles. The van der Waals surface area contributed by atoms with Gasteiger partial charge in [-0.3, -0.25) is 9.69 Å². The molecule has 1 heterocycles. The lowest BCUT2D eigenvalue weighted by Crippen LogP contribution is -2.50. The third-order valence-corrected chi connectivity index (χ3v) is 3.56. The number of aliphatic hydroxyl groups is 1. The van der Waals surface area contributed by atoms with Gasteiger partial charge in [0.1, 0.15) is 0 Å². The van der Waals surface area contributed by atoms with Crippen LogP contribution in [0, 0.1) is 0 Å². The predicted octanol–water partition coefficient (Wildman–Crippen LogP) is 1.14. The molecule has 0 saturated carbocycles. The van der Waals surface area contributed by atoms with Crippen molar-refractivity contribution < 1.29 is 9.90 Å². The van der Waals surface area contributed by atoms with Crippen LogP contribution in [0.4, 0.5) is 0 Å². The molecule has 0 aromatic carbocycles. The summed E-state index contributed by atoms with van der Waals surface area (Å²) in [7, 11) is 0. The summed E-state index contributed by atoms with van der Waals surface area (Å²) < 4.78 is 0. The van der Waals surface area contributed by atoms with E-state index in [1.165, 1.54) is 6.42 Å². The summed E-state index contributed by atoms with van der Waals surface area (Å²) in [5, 5.41) is 12.4. The van der Waals surface area contributed by atoms with E-state index >= 15 is 0 Å². The van der Waals surface area contributed by atoms with Crippen LogP contribution >= 0.6 is 0 Å². The highest BCUT2D eigenvalue weighted by molar-refractivity contribution is 5.81. The van der Waals surface area contributed by atoms with Gasteiger partial charge in [-0.25, -0.2) is 0 Å². The third kappa shape index (κ3) is 4.28. The Kier molecular flexibility index (Phi) is 6.52. The molecule has 0 radical (unpaired) electrons. The zero-order valence-corrected chi connectivity index (χ0v) is 11.1. The monoisotopic (exact) mass is 242 g/mol. The van der Waals surface area contributed by atoms with Crippen molar-refractivity contribution >= 4 is 5.91 Å². The first kappa shape index (κ1) is 14.5. The summed E-state index contributed by atoms with van der Waals surface area (Å²) in [5.41, 5.74) is 0. The van der Waals surface area contributed by atoms with Gasteiger partial charge in [-0.05, 0) is 32.7 Å². The quantitative estimate of drug-likeness (QED) is 0.760. The first-order chi connectivity index (χ1) is 8.20. The van der Waals surface area contributed by atoms with E-state index in [9.17, 15) is 9.90 Å². The molecule has 2 N–H and O–H groups in total. The highest BCUT2D eigenvalue weighted by atomic mass is 16.3. The number of hydrogen-bond acceptors (Lipinski definition) is 3. The van der Waals surface area contributed by atoms with Crippen molar-refractivity contribution in [1.29, 1.82) is 0 Å². The van der Waals surface area contributed by atoms with Gasteiger partial charge in [0, 0.05) is 12.6 Å². The topological polar surface area (TPSA) is 52.6 Å². The molecule has 4 nitrogen and oxygen atoms in total. The minimum Gasteiger partial charge on any atom is -0.395 e. The van der Waals surface area contributed by atoms with Crippen LogP contribution in [0.2, 0.25) is 0 Å². The van der Waals surface area contributed by atoms with Gasteiger partial charge in [0.05, 0.1) is 12.6 Å². The fourth-order valence-electron chi connectivity index (χ4n) is 2.45. The van der Waals surface area contributed by atoms with E-state index < -0.39 is 0 Å². The second kappa shape index (κ2) is 7.67. The van der Waals surface area contributed by atoms with Gasteiger partial charge < -0.3 is 10.4 Å². The van der Waals surface area contributed by atoms with Crippen LogP contribution in [-0.4, -0.2) is 47.7 Å². The first-order valence-corrected chi connectivity index (χ1v) is 6.85. The number of carbonyl (C=O) groups excluding carboxylic acids is 1. The molecule has 2 atom stereocenters. The summed E-state index contributed by atoms with van der Waals surface area (Å²) in [6.07, 6.45) is 5.45. The molecule has 1 saturated heterocycles. The number of nitrogens with one attached hydrogen (secondary N) is 1. The van der Waals surface area contributed by atoms with E-state index in [0.29, 0.717) is 0 Å². The molecular formula is C13H26N2O2. The Morgan fingerprint density at radius 2 is 2.24 bits per heavy atom. The first-order valence-electron chi connectivity index (χ1n) is 6.85. The highest BCUT2D eigenvalue weighted by Gasteiger charge is 2.28. The van der Waals surface area contributed by atoms with Crippen LogP contribution in [0.1, 0.15) is 46.0 Å². The Morgan fingerprint density at radius 1 is 1.47 bits per heavy atom. The van der Waals surface area contributed by atoms with Crippen LogP contribution in [0.5, 0.6) is 0 Å². The van der Waals surface area contributed by atoms with Gasteiger partial charge in [-0.1, -0.05) is 19.8 Å². The molecule has 2 unspecified atom stereocenters. The maximum Gasteiger partial charge on any atom is 0.237 e. The maximum absolute atomic E-state index is 11.9. The van der Waals surface area contributed by atoms with Gasteiger partial charge in [0.2, 0.25) is 5.91 Å². The summed E-state index contributed by atoms with van der Waals surface area (Å²) in [6, 6.07) is 0.0247. The SMILES string of the molecule is CCCNC(=O)C(C)N1CCCCCC1CO. The van der Waals surface area contributed by atoms with Crippen molar-refractivity contribution in [2.45, 2.75) is 58.0 Å². The maximum atomic E-state index is 11.9. The summed E-state index contributed by atoms with van der Waals surface area (Å²) in [4.78, 5) is 14.1. The minimum atomic E-state index is -0.128. The van der Waals surface area contributed by atoms with Gasteiger partial charge >= 0.3 is 0 Å². The van der Waals surface area contributed by atoms with Crippen molar-refractivity contribution in [2.24, 2.45) is 0 Å². The molecule has 100 valence electrons. The molecule has 1 rings (SSSR count). The predicted molar refractivity (Wildman–Crippen MR) is 68.8 cm³/mol. The van der Waals surface area contributed by atoms with Crippen molar-refractivity contribution in [3.63, 3.8) is 0 Å². The minimum absolute atomic E-state index is 0.0900. The number of aliphatic hydroxyl groups excluding tert-OH is 1. The Bertz CT molecular complexity index is 233. The lowest BCUT2D eigenvalue weighted by Gasteiger charge is -2.33. The molecule has 0 aliphatic carbocycles. The Balaban J connectivity index is 2.56. The van der Waals surface area contributed by atoms with Crippen LogP contribution in [0.3, 0.4) is 0 Å². The second-order valence-corrected chi connectivity index (χ2v) is 4.89. The van der Waals surface area contributed by atoms with Crippen LogP contribution < -0.4 is 5.32 Å². The standard InChI is InChI=1S/C13H26N2O2/c1-3-8-14-13(17)11(2)15-9-6-4-5-7-12(15)10-16/h11-12,16H,3-10H2,1-2H3,(H,14,17). The zero-order chi connectivity index (χ0) is 12.7. The number of likely N-dealkylation sites (tertiary alicyclic amines) is 1. The Morgan fingerprint density at radius 3 is 2.88 bits per heavy atom. The number of nitrogens with zero attached hydrogens (tertiary/aromatic N) is 1. The van der Waals surface area contributed by atoms with E-state index in [-0.39, 0.29) is 24.6 Å². The van der Waals surface area contributed by atoms with Gasteiger partial charge in [-0.15, -0.1) is 0 Å². The van der Waals surface area contributed by atoms with E-state index in [1.54, 1.807) is 0 Å². The zero-order valence-electron chi connectivity index (χ0n) is 11.1. The molecule has 0 spiro atoms. The van der Waals surface area contributed by atoms with Gasteiger partial charge in [0.25, 0.3) is 0 Å². The normalized spacial score (nSPS) is 24.1. The van der Waals surface area contributed by atoms with E-state index in [1.807, 2.05) is 13.8 Å². The number of rotatable bonds is 5. The fraction of sp³-hybridized carbons (Fsp3) is 0.923. The Labute approximate surface area is 104 Å². The largest absolute Gasteiger partial charge is 0.395 e. The van der Waals surface area contributed by atoms with Crippen LogP contribution in [0.25, 0.3) is 0 Å². The summed E-state index contributed by atoms with van der Waals surface area (Å²) in [6.45, 7) is 5.81. The summed E-state index contributed by atoms with van der Waals surface area (Å²) in [5.74, 6) is 0.0900. The molecule has 17 heavy (non-hydrogen) atoms. The molecule has 4 heteroatoms. The fourth-order valence-corrected chi connectivity index (χ4v) is 2.45. The highest BCUT2D eigenvalue weighted by Crippen LogP contribution is 2.18. The van der Waals surface area contributed by atoms with Gasteiger partial charge in [-0.2, -0.15) is 0 Å². The molecule has 1 amide bonds. The molecule has 0 bridgehead atoms. The van der Waals surface area contributed by atoms with Crippen molar-refractivity contribution in [1.82, 2.24) is 10.2 Å². The molecule has 1 fully saturated rings. The molecule has 0 aromatic rings. The van der Waals surface area contributed by atoms with E-state index in [4.69, 9.17) is 0 Å². The molecule has 1 aliphatic rings. The summed E-state index contributed by atoms with van der Waals surface area (Å²) >= 11 is 0. The number of amides is 1. The van der Waals surface area contributed by atoms with Crippen molar-refractivity contribution in [2.75, 3.05) is 19.7 Å². The Hall–Kier alpha value is -0.610. The van der Waals surface area contributed by atoms with Crippen LogP contribution in [-0.2, 0) is 4.79 Å². The molecule has 0 aromatic heterocycles. The van der Waals surface area contributed by atoms with E-state index in [0.717, 1.165) is 38.8 Å². The number of carbonyl (C=O) groups is 1. The lowest BCUT2D eigenvalue weighted by atomic mass is 10.1. The van der Waals surface area contributed by atoms with Crippen molar-refractivity contribution in [3.05, 3.63) is 0 Å². The van der Waals surface area contributed by atoms with Crippen molar-refractivity contribution in [3.8, 4) is 0 Å². The average molecular weight is 242 g/mol. The molecular weight excluding hydrogens is 216 g/mol. The second-order valence-electron chi connectivity index (χ2n) is 4.89. The third-order valence-electron chi connectivity index (χ3n) is 3.56. The van der Waals surface area contributed by atoms with Crippen LogP contribution in [0.15, 0.2) is 0 Å². The van der Waals surface area contributed by atoms with E-state index in [2.05, 4.69) is 10.2 Å². The lowest BCUT2D eigenvalue weighted by molar-refractivity contribution is -0.127. The average Bonchev–Trinajstić information content (AvgIpc) is 2.59. The van der Waals surface area contributed by atoms with Gasteiger partial charge in [0.15, 0.2) is 0 Å². The smallest absolute Gasteiger partial charge is 0.237 e. The number of hydrogen-bond donors (Lipinski definition) is 2.